The predicted molar refractivity (Wildman–Crippen MR) is 144 cm³/mol. The average molecular weight is 533 g/mol. The van der Waals surface area contributed by atoms with Crippen molar-refractivity contribution in [3.8, 4) is 11.4 Å². The van der Waals surface area contributed by atoms with Crippen molar-refractivity contribution in [3.05, 3.63) is 106 Å². The van der Waals surface area contributed by atoms with Crippen LogP contribution in [0.3, 0.4) is 0 Å². The molecule has 5 rings (SSSR count). The number of rotatable bonds is 5. The fourth-order valence-corrected chi connectivity index (χ4v) is 5.38. The number of aryl methyl sites for hydroxylation is 1. The van der Waals surface area contributed by atoms with E-state index >= 15 is 0 Å². The summed E-state index contributed by atoms with van der Waals surface area (Å²) in [5.74, 6) is 0.813. The lowest BCUT2D eigenvalue weighted by atomic mass is 9.96. The van der Waals surface area contributed by atoms with Gasteiger partial charge >= 0.3 is 0 Å². The molecule has 0 radical (unpaired) electrons. The van der Waals surface area contributed by atoms with E-state index in [1.807, 2.05) is 30.5 Å². The summed E-state index contributed by atoms with van der Waals surface area (Å²) in [6, 6.07) is 24.6. The Morgan fingerprint density at radius 1 is 0.971 bits per heavy atom. The number of aromatic nitrogens is 2. The van der Waals surface area contributed by atoms with Gasteiger partial charge in [-0.3, -0.25) is 4.98 Å². The molecule has 172 valence electrons. The van der Waals surface area contributed by atoms with Gasteiger partial charge in [0, 0.05) is 33.4 Å². The molecule has 7 heteroatoms. The van der Waals surface area contributed by atoms with E-state index in [0.29, 0.717) is 5.11 Å². The van der Waals surface area contributed by atoms with Crippen molar-refractivity contribution in [1.82, 2.24) is 14.9 Å². The van der Waals surface area contributed by atoms with Crippen LogP contribution in [0.2, 0.25) is 0 Å². The van der Waals surface area contributed by atoms with Crippen molar-refractivity contribution in [1.29, 1.82) is 0 Å². The Bertz CT molecular complexity index is 1320. The number of anilines is 1. The van der Waals surface area contributed by atoms with Gasteiger partial charge in [0.15, 0.2) is 5.11 Å². The monoisotopic (exact) mass is 532 g/mol. The molecule has 1 N–H and O–H groups in total. The van der Waals surface area contributed by atoms with Crippen molar-refractivity contribution in [2.75, 3.05) is 12.0 Å². The summed E-state index contributed by atoms with van der Waals surface area (Å²) in [5.41, 5.74) is 6.65. The Balaban J connectivity index is 1.66. The normalized spacial score (nSPS) is 17.6. The number of nitrogens with one attached hydrogen (secondary N) is 1. The Labute approximate surface area is 213 Å². The minimum Gasteiger partial charge on any atom is -0.497 e. The summed E-state index contributed by atoms with van der Waals surface area (Å²) < 4.78 is 8.73. The van der Waals surface area contributed by atoms with Crippen molar-refractivity contribution in [2.24, 2.45) is 0 Å². The topological polar surface area (TPSA) is 42.3 Å². The zero-order valence-electron chi connectivity index (χ0n) is 19.2. The number of pyridine rings is 1. The maximum absolute atomic E-state index is 5.87. The van der Waals surface area contributed by atoms with E-state index in [-0.39, 0.29) is 12.1 Å². The van der Waals surface area contributed by atoms with Crippen LogP contribution < -0.4 is 15.0 Å². The van der Waals surface area contributed by atoms with Crippen LogP contribution >= 0.6 is 28.1 Å². The maximum atomic E-state index is 5.87. The highest BCUT2D eigenvalue weighted by atomic mass is 79.9. The third kappa shape index (κ3) is 3.99. The minimum absolute atomic E-state index is 0.0637. The molecule has 0 amide bonds. The first-order valence-corrected chi connectivity index (χ1v) is 12.3. The van der Waals surface area contributed by atoms with Gasteiger partial charge in [-0.1, -0.05) is 22.0 Å². The van der Waals surface area contributed by atoms with Crippen LogP contribution in [0.1, 0.15) is 34.7 Å². The van der Waals surface area contributed by atoms with E-state index in [4.69, 9.17) is 17.0 Å². The third-order valence-electron chi connectivity index (χ3n) is 6.32. The molecular formula is C27H25BrN4OS. The lowest BCUT2D eigenvalue weighted by Crippen LogP contribution is -2.29. The fraction of sp³-hybridized carbons (Fsp3) is 0.185. The maximum Gasteiger partial charge on any atom is 0.174 e. The van der Waals surface area contributed by atoms with Gasteiger partial charge in [-0.15, -0.1) is 0 Å². The standard InChI is InChI=1S/C27H25BrN4OS/c1-17-16-23(18(2)31(17)20-9-7-19(28)8-10-20)26-25(24-6-4-5-15-29-24)30-27(34)32(26)21-11-13-22(33-3)14-12-21/h4-16,25-26H,1-3H3,(H,30,34). The highest BCUT2D eigenvalue weighted by Gasteiger charge is 2.42. The Morgan fingerprint density at radius 3 is 2.32 bits per heavy atom. The van der Waals surface area contributed by atoms with Crippen molar-refractivity contribution < 1.29 is 4.74 Å². The molecule has 0 spiro atoms. The van der Waals surface area contributed by atoms with Crippen molar-refractivity contribution >= 4 is 38.9 Å². The number of ether oxygens (including phenoxy) is 1. The van der Waals surface area contributed by atoms with Crippen LogP contribution in [-0.4, -0.2) is 21.8 Å². The molecule has 2 unspecified atom stereocenters. The number of hydrogen-bond donors (Lipinski definition) is 1. The fourth-order valence-electron chi connectivity index (χ4n) is 4.77. The number of nitrogens with zero attached hydrogens (tertiary/aromatic N) is 3. The molecule has 1 aliphatic rings. The van der Waals surface area contributed by atoms with Gasteiger partial charge in [-0.25, -0.2) is 0 Å². The average Bonchev–Trinajstić information content (AvgIpc) is 3.35. The smallest absolute Gasteiger partial charge is 0.174 e. The van der Waals surface area contributed by atoms with Gasteiger partial charge in [0.05, 0.1) is 24.9 Å². The number of thiocarbonyl (C=S) groups is 1. The number of halogens is 1. The Hall–Kier alpha value is -3.16. The summed E-state index contributed by atoms with van der Waals surface area (Å²) >= 11 is 9.42. The molecule has 1 fully saturated rings. The van der Waals surface area contributed by atoms with Gasteiger partial charge in [0.2, 0.25) is 0 Å². The summed E-state index contributed by atoms with van der Waals surface area (Å²) in [6.07, 6.45) is 1.83. The first-order valence-electron chi connectivity index (χ1n) is 11.1. The lowest BCUT2D eigenvalue weighted by molar-refractivity contribution is 0.415. The SMILES string of the molecule is COc1ccc(N2C(=S)NC(c3ccccn3)C2c2cc(C)n(-c3ccc(Br)cc3)c2C)cc1. The summed E-state index contributed by atoms with van der Waals surface area (Å²) in [7, 11) is 1.67. The molecule has 2 aromatic heterocycles. The predicted octanol–water partition coefficient (Wildman–Crippen LogP) is 6.44. The zero-order valence-corrected chi connectivity index (χ0v) is 21.6. The van der Waals surface area contributed by atoms with E-state index < -0.39 is 0 Å². The minimum atomic E-state index is -0.0883. The lowest BCUT2D eigenvalue weighted by Gasteiger charge is -2.28. The molecule has 0 aliphatic carbocycles. The van der Waals surface area contributed by atoms with Crippen LogP contribution in [0.15, 0.2) is 83.5 Å². The van der Waals surface area contributed by atoms with E-state index in [1.165, 1.54) is 17.0 Å². The molecule has 5 nitrogen and oxygen atoms in total. The first kappa shape index (κ1) is 22.6. The quantitative estimate of drug-likeness (QED) is 0.299. The second kappa shape index (κ2) is 9.24. The Morgan fingerprint density at radius 2 is 1.68 bits per heavy atom. The summed E-state index contributed by atoms with van der Waals surface area (Å²) in [4.78, 5) is 6.87. The molecular weight excluding hydrogens is 508 g/mol. The molecule has 0 saturated carbocycles. The van der Waals surface area contributed by atoms with E-state index in [2.05, 4.69) is 98.1 Å². The molecule has 0 bridgehead atoms. The number of benzene rings is 2. The molecule has 2 aromatic carbocycles. The van der Waals surface area contributed by atoms with E-state index in [0.717, 1.165) is 27.3 Å². The molecule has 1 aliphatic heterocycles. The van der Waals surface area contributed by atoms with Crippen LogP contribution in [0.25, 0.3) is 5.69 Å². The van der Waals surface area contributed by atoms with E-state index in [9.17, 15) is 0 Å². The van der Waals surface area contributed by atoms with E-state index in [1.54, 1.807) is 7.11 Å². The van der Waals surface area contributed by atoms with Crippen LogP contribution in [-0.2, 0) is 0 Å². The first-order chi connectivity index (χ1) is 16.5. The molecule has 34 heavy (non-hydrogen) atoms. The van der Waals surface area contributed by atoms with Crippen molar-refractivity contribution in [3.63, 3.8) is 0 Å². The highest BCUT2D eigenvalue weighted by Crippen LogP contribution is 2.44. The Kier molecular flexibility index (Phi) is 6.15. The van der Waals surface area contributed by atoms with Gasteiger partial charge in [-0.05, 0) is 98.4 Å². The van der Waals surface area contributed by atoms with Crippen LogP contribution in [0.5, 0.6) is 5.75 Å². The van der Waals surface area contributed by atoms with Crippen LogP contribution in [0.4, 0.5) is 5.69 Å². The third-order valence-corrected chi connectivity index (χ3v) is 7.17. The largest absolute Gasteiger partial charge is 0.497 e. The second-order valence-electron chi connectivity index (χ2n) is 8.33. The van der Waals surface area contributed by atoms with Crippen molar-refractivity contribution in [2.45, 2.75) is 25.9 Å². The molecule has 4 aromatic rings. The number of methoxy groups -OCH3 is 1. The number of hydrogen-bond acceptors (Lipinski definition) is 3. The van der Waals surface area contributed by atoms with Gasteiger partial charge < -0.3 is 19.5 Å². The van der Waals surface area contributed by atoms with Gasteiger partial charge in [0.25, 0.3) is 0 Å². The summed E-state index contributed by atoms with van der Waals surface area (Å²) in [5, 5.41) is 4.23. The molecule has 3 heterocycles. The van der Waals surface area contributed by atoms with Gasteiger partial charge in [-0.2, -0.15) is 0 Å². The molecule has 2 atom stereocenters. The molecule has 1 saturated heterocycles. The zero-order chi connectivity index (χ0) is 23.8. The highest BCUT2D eigenvalue weighted by molar-refractivity contribution is 9.10. The van der Waals surface area contributed by atoms with Crippen LogP contribution in [0, 0.1) is 13.8 Å². The van der Waals surface area contributed by atoms with Gasteiger partial charge in [0.1, 0.15) is 5.75 Å². The second-order valence-corrected chi connectivity index (χ2v) is 9.64. The summed E-state index contributed by atoms with van der Waals surface area (Å²) in [6.45, 7) is 4.32.